The normalized spacial score (nSPS) is 12.2. The summed E-state index contributed by atoms with van der Waals surface area (Å²) in [5.74, 6) is 0.133. The van der Waals surface area contributed by atoms with Crippen molar-refractivity contribution < 1.29 is 4.79 Å². The molecule has 158 valence electrons. The number of fused-ring (bicyclic) bond motifs is 3. The van der Waals surface area contributed by atoms with Gasteiger partial charge in [-0.25, -0.2) is 0 Å². The average molecular weight is 474 g/mol. The molecule has 0 bridgehead atoms. The van der Waals surface area contributed by atoms with E-state index in [-0.39, 0.29) is 11.5 Å². The predicted molar refractivity (Wildman–Crippen MR) is 125 cm³/mol. The highest BCUT2D eigenvalue weighted by Crippen LogP contribution is 2.28. The van der Waals surface area contributed by atoms with Gasteiger partial charge in [0, 0.05) is 11.6 Å². The molecular weight excluding hydrogens is 457 g/mol. The van der Waals surface area contributed by atoms with Crippen LogP contribution in [0.15, 0.2) is 65.1 Å². The van der Waals surface area contributed by atoms with Crippen LogP contribution in [0.2, 0.25) is 10.0 Å². The molecule has 1 unspecified atom stereocenters. The van der Waals surface area contributed by atoms with Crippen LogP contribution in [0, 0.1) is 0 Å². The first-order valence-corrected chi connectivity index (χ1v) is 10.9. The van der Waals surface area contributed by atoms with Crippen LogP contribution in [0.4, 0.5) is 5.69 Å². The predicted octanol–water partition coefficient (Wildman–Crippen LogP) is 4.66. The molecule has 4 aromatic rings. The van der Waals surface area contributed by atoms with Crippen molar-refractivity contribution in [1.29, 1.82) is 0 Å². The van der Waals surface area contributed by atoms with E-state index in [1.807, 2.05) is 12.1 Å². The second-order valence-electron chi connectivity index (χ2n) is 6.71. The minimum absolute atomic E-state index is 0.171. The first-order chi connectivity index (χ1) is 14.9. The van der Waals surface area contributed by atoms with E-state index in [0.29, 0.717) is 44.1 Å². The SMILES string of the molecule is C=CCn1c(=O)c2ccccc2n2c(SC(C)C(=O)Nc3ccc(Cl)cc3Cl)nnc12. The molecule has 31 heavy (non-hydrogen) atoms. The lowest BCUT2D eigenvalue weighted by molar-refractivity contribution is -0.115. The van der Waals surface area contributed by atoms with E-state index < -0.39 is 5.25 Å². The molecule has 4 rings (SSSR count). The number of carbonyl (C=O) groups excluding carboxylic acids is 1. The number of halogens is 2. The van der Waals surface area contributed by atoms with Gasteiger partial charge in [-0.05, 0) is 37.3 Å². The van der Waals surface area contributed by atoms with Gasteiger partial charge in [0.2, 0.25) is 11.7 Å². The topological polar surface area (TPSA) is 81.3 Å². The van der Waals surface area contributed by atoms with Crippen molar-refractivity contribution in [1.82, 2.24) is 19.2 Å². The van der Waals surface area contributed by atoms with E-state index in [4.69, 9.17) is 23.2 Å². The molecule has 0 aliphatic rings. The number of benzene rings is 2. The van der Waals surface area contributed by atoms with Crippen molar-refractivity contribution in [3.8, 4) is 0 Å². The molecule has 0 saturated heterocycles. The average Bonchev–Trinajstić information content (AvgIpc) is 3.16. The number of thioether (sulfide) groups is 1. The van der Waals surface area contributed by atoms with Gasteiger partial charge in [0.1, 0.15) is 0 Å². The van der Waals surface area contributed by atoms with Crippen molar-refractivity contribution in [3.63, 3.8) is 0 Å². The zero-order valence-corrected chi connectivity index (χ0v) is 18.7. The van der Waals surface area contributed by atoms with Gasteiger partial charge in [0.15, 0.2) is 5.16 Å². The largest absolute Gasteiger partial charge is 0.324 e. The highest BCUT2D eigenvalue weighted by Gasteiger charge is 2.22. The maximum Gasteiger partial charge on any atom is 0.263 e. The Morgan fingerprint density at radius 2 is 2.03 bits per heavy atom. The maximum absolute atomic E-state index is 12.9. The van der Waals surface area contributed by atoms with Crippen LogP contribution in [0.5, 0.6) is 0 Å². The van der Waals surface area contributed by atoms with Crippen molar-refractivity contribution in [3.05, 3.63) is 75.5 Å². The molecule has 0 aliphatic carbocycles. The zero-order chi connectivity index (χ0) is 22.1. The molecule has 1 N–H and O–H groups in total. The van der Waals surface area contributed by atoms with E-state index in [9.17, 15) is 9.59 Å². The number of rotatable bonds is 6. The first kappa shape index (κ1) is 21.4. The maximum atomic E-state index is 12.9. The van der Waals surface area contributed by atoms with Crippen LogP contribution >= 0.6 is 35.0 Å². The lowest BCUT2D eigenvalue weighted by Gasteiger charge is -2.13. The Morgan fingerprint density at radius 1 is 1.26 bits per heavy atom. The number of hydrogen-bond acceptors (Lipinski definition) is 5. The minimum atomic E-state index is -0.516. The Balaban J connectivity index is 1.71. The Morgan fingerprint density at radius 3 is 2.77 bits per heavy atom. The minimum Gasteiger partial charge on any atom is -0.324 e. The number of allylic oxidation sites excluding steroid dienone is 1. The number of amides is 1. The second-order valence-corrected chi connectivity index (χ2v) is 8.86. The molecule has 0 saturated carbocycles. The van der Waals surface area contributed by atoms with Crippen molar-refractivity contribution in [2.45, 2.75) is 23.9 Å². The quantitative estimate of drug-likeness (QED) is 0.325. The van der Waals surface area contributed by atoms with Gasteiger partial charge in [-0.3, -0.25) is 18.6 Å². The Labute approximate surface area is 191 Å². The van der Waals surface area contributed by atoms with Gasteiger partial charge in [-0.1, -0.05) is 53.2 Å². The summed E-state index contributed by atoms with van der Waals surface area (Å²) in [5.41, 5.74) is 0.971. The third kappa shape index (κ3) is 4.06. The van der Waals surface area contributed by atoms with Gasteiger partial charge >= 0.3 is 0 Å². The summed E-state index contributed by atoms with van der Waals surface area (Å²) in [4.78, 5) is 25.6. The highest BCUT2D eigenvalue weighted by atomic mass is 35.5. The van der Waals surface area contributed by atoms with Crippen LogP contribution in [0.1, 0.15) is 6.92 Å². The number of carbonyl (C=O) groups is 1. The fraction of sp³-hybridized carbons (Fsp3) is 0.143. The second kappa shape index (κ2) is 8.74. The summed E-state index contributed by atoms with van der Waals surface area (Å²) in [5, 5.41) is 12.6. The summed E-state index contributed by atoms with van der Waals surface area (Å²) in [6.07, 6.45) is 1.63. The zero-order valence-electron chi connectivity index (χ0n) is 16.4. The molecule has 10 heteroatoms. The molecule has 7 nitrogen and oxygen atoms in total. The standard InChI is InChI=1S/C21H17Cl2N5O2S/c1-3-10-27-19(30)14-6-4-5-7-17(14)28-20(27)25-26-21(28)31-12(2)18(29)24-16-9-8-13(22)11-15(16)23/h3-9,11-12H,1,10H2,2H3,(H,24,29). The Bertz CT molecular complexity index is 1380. The third-order valence-electron chi connectivity index (χ3n) is 4.63. The van der Waals surface area contributed by atoms with Crippen molar-refractivity contribution >= 4 is 63.2 Å². The van der Waals surface area contributed by atoms with Crippen LogP contribution in [0.25, 0.3) is 16.7 Å². The number of nitrogens with zero attached hydrogens (tertiary/aromatic N) is 4. The molecule has 1 atom stereocenters. The number of anilines is 1. The van der Waals surface area contributed by atoms with Crippen LogP contribution in [0.3, 0.4) is 0 Å². The monoisotopic (exact) mass is 473 g/mol. The van der Waals surface area contributed by atoms with Gasteiger partial charge in [0.05, 0.1) is 26.9 Å². The molecule has 1 amide bonds. The summed E-state index contributed by atoms with van der Waals surface area (Å²) >= 11 is 13.3. The number of para-hydroxylation sites is 1. The molecular formula is C21H17Cl2N5O2S. The third-order valence-corrected chi connectivity index (χ3v) is 6.22. The van der Waals surface area contributed by atoms with E-state index in [0.717, 1.165) is 0 Å². The van der Waals surface area contributed by atoms with Gasteiger partial charge in [-0.2, -0.15) is 0 Å². The van der Waals surface area contributed by atoms with E-state index in [2.05, 4.69) is 22.1 Å². The van der Waals surface area contributed by atoms with E-state index in [1.165, 1.54) is 16.3 Å². The van der Waals surface area contributed by atoms with Crippen LogP contribution in [-0.2, 0) is 11.3 Å². The molecule has 2 heterocycles. The van der Waals surface area contributed by atoms with E-state index in [1.54, 1.807) is 47.7 Å². The fourth-order valence-electron chi connectivity index (χ4n) is 3.14. The molecule has 0 radical (unpaired) electrons. The van der Waals surface area contributed by atoms with Crippen molar-refractivity contribution in [2.75, 3.05) is 5.32 Å². The lowest BCUT2D eigenvalue weighted by atomic mass is 10.2. The molecule has 0 fully saturated rings. The highest BCUT2D eigenvalue weighted by molar-refractivity contribution is 8.00. The number of nitrogens with one attached hydrogen (secondary N) is 1. The summed E-state index contributed by atoms with van der Waals surface area (Å²) in [6.45, 7) is 5.77. The molecule has 0 spiro atoms. The fourth-order valence-corrected chi connectivity index (χ4v) is 4.45. The summed E-state index contributed by atoms with van der Waals surface area (Å²) < 4.78 is 3.29. The van der Waals surface area contributed by atoms with Crippen LogP contribution < -0.4 is 10.9 Å². The van der Waals surface area contributed by atoms with E-state index >= 15 is 0 Å². The van der Waals surface area contributed by atoms with Gasteiger partial charge in [0.25, 0.3) is 5.56 Å². The van der Waals surface area contributed by atoms with Crippen molar-refractivity contribution in [2.24, 2.45) is 0 Å². The van der Waals surface area contributed by atoms with Gasteiger partial charge in [-0.15, -0.1) is 16.8 Å². The Hall–Kier alpha value is -2.81. The summed E-state index contributed by atoms with van der Waals surface area (Å²) in [6, 6.07) is 12.1. The van der Waals surface area contributed by atoms with Gasteiger partial charge < -0.3 is 5.32 Å². The lowest BCUT2D eigenvalue weighted by Crippen LogP contribution is -2.24. The number of hydrogen-bond donors (Lipinski definition) is 1. The molecule has 0 aliphatic heterocycles. The van der Waals surface area contributed by atoms with Crippen LogP contribution in [-0.4, -0.2) is 30.3 Å². The number of aromatic nitrogens is 4. The summed E-state index contributed by atoms with van der Waals surface area (Å²) in [7, 11) is 0. The smallest absolute Gasteiger partial charge is 0.263 e. The molecule has 2 aromatic carbocycles. The Kier molecular flexibility index (Phi) is 6.04. The molecule has 2 aromatic heterocycles. The first-order valence-electron chi connectivity index (χ1n) is 9.31.